The molecule has 0 saturated carbocycles. The standard InChI is InChI=1S/C18H15F2N5O3/c1-27-10-5-12(19)14(13(20)6-10)11-8-22-16(26)15(11)23-18-25-24-17(28-18)9-3-2-4-21-7-9/h2-7,11,15H,8H2,1H3,(H,22,26)(H,23,25). The number of aromatic nitrogens is 3. The van der Waals surface area contributed by atoms with Crippen molar-refractivity contribution in [2.45, 2.75) is 12.0 Å². The van der Waals surface area contributed by atoms with Crippen LogP contribution < -0.4 is 15.4 Å². The van der Waals surface area contributed by atoms with Gasteiger partial charge < -0.3 is 19.8 Å². The van der Waals surface area contributed by atoms with Gasteiger partial charge in [-0.3, -0.25) is 9.78 Å². The first-order valence-corrected chi connectivity index (χ1v) is 8.38. The lowest BCUT2D eigenvalue weighted by Gasteiger charge is -2.19. The molecule has 1 amide bonds. The van der Waals surface area contributed by atoms with Crippen LogP contribution in [0.4, 0.5) is 14.8 Å². The molecule has 1 aliphatic rings. The predicted octanol–water partition coefficient (Wildman–Crippen LogP) is 2.11. The first kappa shape index (κ1) is 17.8. The van der Waals surface area contributed by atoms with E-state index in [9.17, 15) is 13.6 Å². The number of nitrogens with zero attached hydrogens (tertiary/aromatic N) is 3. The number of hydrogen-bond acceptors (Lipinski definition) is 7. The summed E-state index contributed by atoms with van der Waals surface area (Å²) in [5.74, 6) is -2.59. The third-order valence-electron chi connectivity index (χ3n) is 4.45. The average Bonchev–Trinajstić information content (AvgIpc) is 3.30. The molecule has 0 bridgehead atoms. The Balaban J connectivity index is 1.61. The van der Waals surface area contributed by atoms with Gasteiger partial charge >= 0.3 is 6.01 Å². The van der Waals surface area contributed by atoms with E-state index in [1.54, 1.807) is 24.5 Å². The lowest BCUT2D eigenvalue weighted by molar-refractivity contribution is -0.119. The molecule has 2 aromatic heterocycles. The van der Waals surface area contributed by atoms with Crippen LogP contribution in [0.1, 0.15) is 11.5 Å². The van der Waals surface area contributed by atoms with Gasteiger partial charge in [0, 0.05) is 42.6 Å². The van der Waals surface area contributed by atoms with E-state index in [0.717, 1.165) is 12.1 Å². The van der Waals surface area contributed by atoms with Gasteiger partial charge in [0.15, 0.2) is 0 Å². The smallest absolute Gasteiger partial charge is 0.316 e. The van der Waals surface area contributed by atoms with Crippen molar-refractivity contribution in [2.75, 3.05) is 19.0 Å². The first-order valence-electron chi connectivity index (χ1n) is 8.38. The van der Waals surface area contributed by atoms with Gasteiger partial charge in [-0.15, -0.1) is 5.10 Å². The second-order valence-electron chi connectivity index (χ2n) is 6.13. The van der Waals surface area contributed by atoms with Gasteiger partial charge in [-0.2, -0.15) is 0 Å². The largest absolute Gasteiger partial charge is 0.497 e. The molecule has 10 heteroatoms. The van der Waals surface area contributed by atoms with Gasteiger partial charge in [0.2, 0.25) is 5.91 Å². The van der Waals surface area contributed by atoms with E-state index in [-0.39, 0.29) is 29.8 Å². The van der Waals surface area contributed by atoms with Crippen molar-refractivity contribution in [3.8, 4) is 17.2 Å². The summed E-state index contributed by atoms with van der Waals surface area (Å²) in [7, 11) is 1.31. The molecule has 1 aliphatic heterocycles. The van der Waals surface area contributed by atoms with Gasteiger partial charge in [-0.1, -0.05) is 5.10 Å². The van der Waals surface area contributed by atoms with Gasteiger partial charge in [0.05, 0.1) is 12.7 Å². The Morgan fingerprint density at radius 3 is 2.75 bits per heavy atom. The summed E-state index contributed by atoms with van der Waals surface area (Å²) in [5, 5.41) is 13.1. The highest BCUT2D eigenvalue weighted by atomic mass is 19.1. The Morgan fingerprint density at radius 1 is 1.29 bits per heavy atom. The molecular formula is C18H15F2N5O3. The Kier molecular flexibility index (Phi) is 4.60. The van der Waals surface area contributed by atoms with Crippen LogP contribution in [0.15, 0.2) is 41.1 Å². The van der Waals surface area contributed by atoms with E-state index in [4.69, 9.17) is 9.15 Å². The number of hydrogen-bond donors (Lipinski definition) is 2. The molecule has 2 atom stereocenters. The lowest BCUT2D eigenvalue weighted by Crippen LogP contribution is -2.33. The summed E-state index contributed by atoms with van der Waals surface area (Å²) in [6.45, 7) is 0.0558. The molecule has 3 heterocycles. The molecule has 1 aromatic carbocycles. The fourth-order valence-electron chi connectivity index (χ4n) is 3.11. The normalized spacial score (nSPS) is 18.8. The predicted molar refractivity (Wildman–Crippen MR) is 93.6 cm³/mol. The van der Waals surface area contributed by atoms with E-state index < -0.39 is 29.5 Å². The number of anilines is 1. The number of rotatable bonds is 5. The zero-order valence-electron chi connectivity index (χ0n) is 14.6. The zero-order chi connectivity index (χ0) is 19.7. The topological polar surface area (TPSA) is 102 Å². The van der Waals surface area contributed by atoms with Crippen molar-refractivity contribution in [3.63, 3.8) is 0 Å². The number of methoxy groups -OCH3 is 1. The molecule has 4 rings (SSSR count). The molecule has 0 radical (unpaired) electrons. The van der Waals surface area contributed by atoms with Gasteiger partial charge in [-0.25, -0.2) is 8.78 Å². The number of nitrogens with one attached hydrogen (secondary N) is 2. The number of carbonyl (C=O) groups excluding carboxylic acids is 1. The number of carbonyl (C=O) groups is 1. The molecule has 0 spiro atoms. The van der Waals surface area contributed by atoms with E-state index >= 15 is 0 Å². The van der Waals surface area contributed by atoms with Gasteiger partial charge in [0.25, 0.3) is 5.89 Å². The first-order chi connectivity index (χ1) is 13.6. The van der Waals surface area contributed by atoms with Crippen LogP contribution in [0.5, 0.6) is 5.75 Å². The Labute approximate surface area is 157 Å². The van der Waals surface area contributed by atoms with E-state index in [0.29, 0.717) is 5.56 Å². The van der Waals surface area contributed by atoms with Crippen LogP contribution in [-0.4, -0.2) is 40.8 Å². The van der Waals surface area contributed by atoms with E-state index in [1.807, 2.05) is 0 Å². The highest BCUT2D eigenvalue weighted by Gasteiger charge is 2.40. The van der Waals surface area contributed by atoms with Crippen molar-refractivity contribution in [1.29, 1.82) is 0 Å². The third-order valence-corrected chi connectivity index (χ3v) is 4.45. The minimum Gasteiger partial charge on any atom is -0.497 e. The van der Waals surface area contributed by atoms with Crippen LogP contribution in [0, 0.1) is 11.6 Å². The monoisotopic (exact) mass is 387 g/mol. The summed E-state index contributed by atoms with van der Waals surface area (Å²) >= 11 is 0. The Bertz CT molecular complexity index is 988. The molecule has 144 valence electrons. The second kappa shape index (κ2) is 7.22. The average molecular weight is 387 g/mol. The van der Waals surface area contributed by atoms with Crippen molar-refractivity contribution < 1.29 is 22.7 Å². The van der Waals surface area contributed by atoms with Gasteiger partial charge in [0.1, 0.15) is 23.4 Å². The maximum absolute atomic E-state index is 14.5. The molecule has 8 nitrogen and oxygen atoms in total. The second-order valence-corrected chi connectivity index (χ2v) is 6.13. The molecule has 2 N–H and O–H groups in total. The van der Waals surface area contributed by atoms with E-state index in [1.165, 1.54) is 7.11 Å². The van der Waals surface area contributed by atoms with Crippen LogP contribution in [0.25, 0.3) is 11.5 Å². The number of amides is 1. The summed E-state index contributed by atoms with van der Waals surface area (Å²) in [4.78, 5) is 16.2. The lowest BCUT2D eigenvalue weighted by atomic mass is 9.93. The fourth-order valence-corrected chi connectivity index (χ4v) is 3.11. The molecule has 1 fully saturated rings. The van der Waals surface area contributed by atoms with Crippen molar-refractivity contribution in [1.82, 2.24) is 20.5 Å². The molecule has 28 heavy (non-hydrogen) atoms. The van der Waals surface area contributed by atoms with Crippen LogP contribution >= 0.6 is 0 Å². The maximum atomic E-state index is 14.5. The van der Waals surface area contributed by atoms with Crippen LogP contribution in [0.3, 0.4) is 0 Å². The molecule has 3 aromatic rings. The minimum absolute atomic E-state index is 0.0415. The summed E-state index contributed by atoms with van der Waals surface area (Å²) in [5.41, 5.74) is 0.381. The molecule has 2 unspecified atom stereocenters. The number of ether oxygens (including phenoxy) is 1. The third kappa shape index (κ3) is 3.24. The fraction of sp³-hybridized carbons (Fsp3) is 0.222. The van der Waals surface area contributed by atoms with Crippen molar-refractivity contribution in [3.05, 3.63) is 53.9 Å². The zero-order valence-corrected chi connectivity index (χ0v) is 14.6. The van der Waals surface area contributed by atoms with Crippen molar-refractivity contribution in [2.24, 2.45) is 0 Å². The Hall–Kier alpha value is -3.56. The van der Waals surface area contributed by atoms with Gasteiger partial charge in [-0.05, 0) is 12.1 Å². The quantitative estimate of drug-likeness (QED) is 0.691. The summed E-state index contributed by atoms with van der Waals surface area (Å²) in [6.07, 6.45) is 3.15. The summed E-state index contributed by atoms with van der Waals surface area (Å²) < 4.78 is 39.3. The van der Waals surface area contributed by atoms with Crippen LogP contribution in [-0.2, 0) is 4.79 Å². The highest BCUT2D eigenvalue weighted by molar-refractivity contribution is 5.88. The molecule has 1 saturated heterocycles. The van der Waals surface area contributed by atoms with E-state index in [2.05, 4.69) is 25.8 Å². The molecular weight excluding hydrogens is 372 g/mol. The SMILES string of the molecule is COc1cc(F)c(C2CNC(=O)C2Nc2nnc(-c3cccnc3)o2)c(F)c1. The van der Waals surface area contributed by atoms with Crippen molar-refractivity contribution >= 4 is 11.9 Å². The maximum Gasteiger partial charge on any atom is 0.316 e. The Morgan fingerprint density at radius 2 is 2.07 bits per heavy atom. The number of benzene rings is 1. The summed E-state index contributed by atoms with van der Waals surface area (Å²) in [6, 6.07) is 4.57. The minimum atomic E-state index is -0.986. The molecule has 0 aliphatic carbocycles. The number of halogens is 2. The highest BCUT2D eigenvalue weighted by Crippen LogP contribution is 2.33. The van der Waals surface area contributed by atoms with Crippen LogP contribution in [0.2, 0.25) is 0 Å². The number of pyridine rings is 1.